The van der Waals surface area contributed by atoms with Gasteiger partial charge in [0.15, 0.2) is 0 Å². The lowest BCUT2D eigenvalue weighted by molar-refractivity contribution is 0.0383. The normalized spacial score (nSPS) is 16.3. The zero-order valence-corrected chi connectivity index (χ0v) is 11.3. The highest BCUT2D eigenvalue weighted by molar-refractivity contribution is 5.96. The SMILES string of the molecule is Cc1c(N)cccc1C(=O)NCCN1CCOCC1. The third-order valence-electron chi connectivity index (χ3n) is 3.44. The van der Waals surface area contributed by atoms with Crippen molar-refractivity contribution >= 4 is 11.6 Å². The standard InChI is InChI=1S/C14H21N3O2/c1-11-12(3-2-4-13(11)15)14(18)16-5-6-17-7-9-19-10-8-17/h2-4H,5-10,15H2,1H3,(H,16,18). The summed E-state index contributed by atoms with van der Waals surface area (Å²) < 4.78 is 5.28. The Morgan fingerprint density at radius 1 is 1.42 bits per heavy atom. The fourth-order valence-corrected chi connectivity index (χ4v) is 2.15. The van der Waals surface area contributed by atoms with Crippen molar-refractivity contribution in [2.75, 3.05) is 45.1 Å². The highest BCUT2D eigenvalue weighted by atomic mass is 16.5. The molecule has 3 N–H and O–H groups in total. The molecule has 5 nitrogen and oxygen atoms in total. The van der Waals surface area contributed by atoms with Gasteiger partial charge in [0.2, 0.25) is 0 Å². The van der Waals surface area contributed by atoms with E-state index in [1.54, 1.807) is 18.2 Å². The van der Waals surface area contributed by atoms with E-state index in [4.69, 9.17) is 10.5 Å². The van der Waals surface area contributed by atoms with Crippen LogP contribution in [0.4, 0.5) is 5.69 Å². The number of nitrogens with one attached hydrogen (secondary N) is 1. The summed E-state index contributed by atoms with van der Waals surface area (Å²) in [6.45, 7) is 6.81. The second-order valence-electron chi connectivity index (χ2n) is 4.73. The summed E-state index contributed by atoms with van der Waals surface area (Å²) in [5.41, 5.74) is 7.95. The molecule has 2 rings (SSSR count). The average Bonchev–Trinajstić information content (AvgIpc) is 2.43. The van der Waals surface area contributed by atoms with Gasteiger partial charge in [0, 0.05) is 37.4 Å². The van der Waals surface area contributed by atoms with Crippen molar-refractivity contribution in [1.82, 2.24) is 10.2 Å². The number of anilines is 1. The average molecular weight is 263 g/mol. The summed E-state index contributed by atoms with van der Waals surface area (Å²) >= 11 is 0. The van der Waals surface area contributed by atoms with Crippen molar-refractivity contribution < 1.29 is 9.53 Å². The van der Waals surface area contributed by atoms with E-state index in [9.17, 15) is 4.79 Å². The summed E-state index contributed by atoms with van der Waals surface area (Å²) in [5, 5.41) is 2.94. The molecule has 0 aliphatic carbocycles. The predicted molar refractivity (Wildman–Crippen MR) is 75.2 cm³/mol. The Morgan fingerprint density at radius 3 is 2.89 bits per heavy atom. The van der Waals surface area contributed by atoms with Gasteiger partial charge in [0.05, 0.1) is 13.2 Å². The number of nitrogen functional groups attached to an aromatic ring is 1. The maximum Gasteiger partial charge on any atom is 0.251 e. The molecule has 1 aliphatic rings. The number of morpholine rings is 1. The third-order valence-corrected chi connectivity index (χ3v) is 3.44. The number of ether oxygens (including phenoxy) is 1. The van der Waals surface area contributed by atoms with E-state index in [1.807, 2.05) is 6.92 Å². The summed E-state index contributed by atoms with van der Waals surface area (Å²) in [5.74, 6) is -0.0574. The second-order valence-corrected chi connectivity index (χ2v) is 4.73. The zero-order chi connectivity index (χ0) is 13.7. The van der Waals surface area contributed by atoms with Crippen LogP contribution in [0.3, 0.4) is 0 Å². The van der Waals surface area contributed by atoms with Gasteiger partial charge in [-0.2, -0.15) is 0 Å². The summed E-state index contributed by atoms with van der Waals surface area (Å²) in [4.78, 5) is 14.3. The van der Waals surface area contributed by atoms with Crippen LogP contribution < -0.4 is 11.1 Å². The van der Waals surface area contributed by atoms with Crippen molar-refractivity contribution in [3.63, 3.8) is 0 Å². The first-order valence-corrected chi connectivity index (χ1v) is 6.62. The molecule has 1 aliphatic heterocycles. The number of rotatable bonds is 4. The van der Waals surface area contributed by atoms with Crippen LogP contribution in [0, 0.1) is 6.92 Å². The van der Waals surface area contributed by atoms with Crippen molar-refractivity contribution in [3.05, 3.63) is 29.3 Å². The monoisotopic (exact) mass is 263 g/mol. The van der Waals surface area contributed by atoms with Gasteiger partial charge in [0.25, 0.3) is 5.91 Å². The molecule has 1 heterocycles. The summed E-state index contributed by atoms with van der Waals surface area (Å²) in [7, 11) is 0. The van der Waals surface area contributed by atoms with E-state index in [0.717, 1.165) is 38.4 Å². The molecule has 0 aromatic heterocycles. The van der Waals surface area contributed by atoms with Crippen LogP contribution in [0.15, 0.2) is 18.2 Å². The van der Waals surface area contributed by atoms with Crippen LogP contribution in [-0.2, 0) is 4.74 Å². The van der Waals surface area contributed by atoms with E-state index in [0.29, 0.717) is 17.8 Å². The van der Waals surface area contributed by atoms with Crippen LogP contribution in [0.2, 0.25) is 0 Å². The van der Waals surface area contributed by atoms with Crippen molar-refractivity contribution in [2.45, 2.75) is 6.92 Å². The lowest BCUT2D eigenvalue weighted by Crippen LogP contribution is -2.41. The van der Waals surface area contributed by atoms with E-state index in [-0.39, 0.29) is 5.91 Å². The number of hydrogen-bond acceptors (Lipinski definition) is 4. The van der Waals surface area contributed by atoms with Gasteiger partial charge in [0.1, 0.15) is 0 Å². The lowest BCUT2D eigenvalue weighted by atomic mass is 10.1. The van der Waals surface area contributed by atoms with Crippen molar-refractivity contribution in [1.29, 1.82) is 0 Å². The van der Waals surface area contributed by atoms with E-state index >= 15 is 0 Å². The van der Waals surface area contributed by atoms with Gasteiger partial charge in [-0.25, -0.2) is 0 Å². The van der Waals surface area contributed by atoms with Crippen LogP contribution >= 0.6 is 0 Å². The quantitative estimate of drug-likeness (QED) is 0.782. The van der Waals surface area contributed by atoms with Gasteiger partial charge in [-0.15, -0.1) is 0 Å². The third kappa shape index (κ3) is 3.68. The molecule has 1 aromatic carbocycles. The van der Waals surface area contributed by atoms with Crippen molar-refractivity contribution in [2.24, 2.45) is 0 Å². The molecule has 1 amide bonds. The first-order valence-electron chi connectivity index (χ1n) is 6.62. The maximum atomic E-state index is 12.0. The highest BCUT2D eigenvalue weighted by Crippen LogP contribution is 2.15. The Balaban J connectivity index is 1.82. The van der Waals surface area contributed by atoms with E-state index < -0.39 is 0 Å². The molecule has 0 saturated carbocycles. The van der Waals surface area contributed by atoms with Gasteiger partial charge < -0.3 is 15.8 Å². The Hall–Kier alpha value is -1.59. The van der Waals surface area contributed by atoms with Crippen LogP contribution in [0.1, 0.15) is 15.9 Å². The molecule has 5 heteroatoms. The molecule has 0 bridgehead atoms. The van der Waals surface area contributed by atoms with Crippen LogP contribution in [0.25, 0.3) is 0 Å². The molecule has 0 radical (unpaired) electrons. The summed E-state index contributed by atoms with van der Waals surface area (Å²) in [6, 6.07) is 5.41. The molecular formula is C14H21N3O2. The Kier molecular flexibility index (Phi) is 4.76. The number of nitrogens with zero attached hydrogens (tertiary/aromatic N) is 1. The van der Waals surface area contributed by atoms with Gasteiger partial charge in [-0.3, -0.25) is 9.69 Å². The topological polar surface area (TPSA) is 67.6 Å². The minimum absolute atomic E-state index is 0.0574. The Bertz CT molecular complexity index is 442. The zero-order valence-electron chi connectivity index (χ0n) is 11.3. The lowest BCUT2D eigenvalue weighted by Gasteiger charge is -2.26. The van der Waals surface area contributed by atoms with Gasteiger partial charge >= 0.3 is 0 Å². The Morgan fingerprint density at radius 2 is 2.16 bits per heavy atom. The first-order chi connectivity index (χ1) is 9.18. The molecule has 104 valence electrons. The second kappa shape index (κ2) is 6.54. The number of carbonyl (C=O) groups is 1. The number of nitrogens with two attached hydrogens (primary N) is 1. The number of hydrogen-bond donors (Lipinski definition) is 2. The number of amides is 1. The fraction of sp³-hybridized carbons (Fsp3) is 0.500. The fourth-order valence-electron chi connectivity index (χ4n) is 2.15. The van der Waals surface area contributed by atoms with Gasteiger partial charge in [-0.1, -0.05) is 6.07 Å². The minimum atomic E-state index is -0.0574. The molecule has 1 aromatic rings. The van der Waals surface area contributed by atoms with E-state index in [1.165, 1.54) is 0 Å². The smallest absolute Gasteiger partial charge is 0.251 e. The maximum absolute atomic E-state index is 12.0. The molecule has 0 atom stereocenters. The molecular weight excluding hydrogens is 242 g/mol. The van der Waals surface area contributed by atoms with Crippen molar-refractivity contribution in [3.8, 4) is 0 Å². The van der Waals surface area contributed by atoms with E-state index in [2.05, 4.69) is 10.2 Å². The Labute approximate surface area is 113 Å². The molecule has 19 heavy (non-hydrogen) atoms. The predicted octanol–water partition coefficient (Wildman–Crippen LogP) is 0.639. The molecule has 1 fully saturated rings. The van der Waals surface area contributed by atoms with Gasteiger partial charge in [-0.05, 0) is 24.6 Å². The first kappa shape index (κ1) is 13.8. The van der Waals surface area contributed by atoms with Crippen LogP contribution in [0.5, 0.6) is 0 Å². The largest absolute Gasteiger partial charge is 0.398 e. The molecule has 1 saturated heterocycles. The molecule has 0 spiro atoms. The number of benzene rings is 1. The number of carbonyl (C=O) groups excluding carboxylic acids is 1. The minimum Gasteiger partial charge on any atom is -0.398 e. The molecule has 0 unspecified atom stereocenters. The van der Waals surface area contributed by atoms with Crippen LogP contribution in [-0.4, -0.2) is 50.2 Å². The highest BCUT2D eigenvalue weighted by Gasteiger charge is 2.12. The summed E-state index contributed by atoms with van der Waals surface area (Å²) in [6.07, 6.45) is 0.